The standard InChI is InChI=1S/C14H19BrN4/c1-9(2)17-8-12-7-16-6-5-13(12)19-11(4)14(15)10(3)18-19/h5-7,9,17H,8H2,1-4H3. The van der Waals surface area contributed by atoms with Gasteiger partial charge in [-0.3, -0.25) is 4.98 Å². The van der Waals surface area contributed by atoms with Crippen LogP contribution < -0.4 is 5.32 Å². The van der Waals surface area contributed by atoms with Gasteiger partial charge in [0.2, 0.25) is 0 Å². The molecule has 1 N–H and O–H groups in total. The van der Waals surface area contributed by atoms with Crippen molar-refractivity contribution in [2.75, 3.05) is 0 Å². The molecular weight excluding hydrogens is 304 g/mol. The van der Waals surface area contributed by atoms with Crippen molar-refractivity contribution in [1.82, 2.24) is 20.1 Å². The molecule has 102 valence electrons. The molecule has 0 aliphatic rings. The van der Waals surface area contributed by atoms with E-state index in [-0.39, 0.29) is 0 Å². The highest BCUT2D eigenvalue weighted by Gasteiger charge is 2.13. The third kappa shape index (κ3) is 3.04. The number of hydrogen-bond donors (Lipinski definition) is 1. The molecule has 2 aromatic rings. The average Bonchev–Trinajstić information content (AvgIpc) is 2.64. The predicted molar refractivity (Wildman–Crippen MR) is 80.5 cm³/mol. The Morgan fingerprint density at radius 2 is 2.11 bits per heavy atom. The molecule has 4 nitrogen and oxygen atoms in total. The van der Waals surface area contributed by atoms with Gasteiger partial charge in [-0.1, -0.05) is 13.8 Å². The Hall–Kier alpha value is -1.20. The van der Waals surface area contributed by atoms with Crippen molar-refractivity contribution in [2.24, 2.45) is 0 Å². The van der Waals surface area contributed by atoms with Crippen molar-refractivity contribution in [3.8, 4) is 5.69 Å². The maximum absolute atomic E-state index is 4.58. The van der Waals surface area contributed by atoms with Gasteiger partial charge in [0.25, 0.3) is 0 Å². The molecule has 0 fully saturated rings. The fourth-order valence-electron chi connectivity index (χ4n) is 1.93. The van der Waals surface area contributed by atoms with E-state index in [1.165, 1.54) is 0 Å². The summed E-state index contributed by atoms with van der Waals surface area (Å²) in [5.74, 6) is 0. The monoisotopic (exact) mass is 322 g/mol. The Kier molecular flexibility index (Phi) is 4.37. The molecule has 0 atom stereocenters. The summed E-state index contributed by atoms with van der Waals surface area (Å²) in [6.45, 7) is 9.12. The summed E-state index contributed by atoms with van der Waals surface area (Å²) in [5, 5.41) is 8.00. The number of aryl methyl sites for hydroxylation is 1. The van der Waals surface area contributed by atoms with E-state index in [1.54, 1.807) is 6.20 Å². The molecule has 0 saturated carbocycles. The first-order chi connectivity index (χ1) is 9.00. The van der Waals surface area contributed by atoms with Gasteiger partial charge in [0.05, 0.1) is 21.5 Å². The lowest BCUT2D eigenvalue weighted by Crippen LogP contribution is -2.23. The summed E-state index contributed by atoms with van der Waals surface area (Å²) < 4.78 is 3.03. The zero-order valence-corrected chi connectivity index (χ0v) is 13.3. The maximum Gasteiger partial charge on any atom is 0.0743 e. The van der Waals surface area contributed by atoms with Crippen molar-refractivity contribution < 1.29 is 0 Å². The second kappa shape index (κ2) is 5.84. The van der Waals surface area contributed by atoms with Gasteiger partial charge in [-0.05, 0) is 35.8 Å². The normalized spacial score (nSPS) is 11.3. The van der Waals surface area contributed by atoms with Crippen molar-refractivity contribution >= 4 is 15.9 Å². The van der Waals surface area contributed by atoms with Crippen LogP contribution in [0.15, 0.2) is 22.9 Å². The molecule has 0 unspecified atom stereocenters. The molecule has 0 aliphatic carbocycles. The number of nitrogens with one attached hydrogen (secondary N) is 1. The zero-order valence-electron chi connectivity index (χ0n) is 11.7. The molecule has 2 aromatic heterocycles. The topological polar surface area (TPSA) is 42.7 Å². The summed E-state index contributed by atoms with van der Waals surface area (Å²) in [4.78, 5) is 4.21. The lowest BCUT2D eigenvalue weighted by molar-refractivity contribution is 0.585. The van der Waals surface area contributed by atoms with Gasteiger partial charge >= 0.3 is 0 Å². The van der Waals surface area contributed by atoms with E-state index in [1.807, 2.05) is 23.9 Å². The van der Waals surface area contributed by atoms with Gasteiger partial charge in [-0.2, -0.15) is 5.10 Å². The molecule has 0 saturated heterocycles. The van der Waals surface area contributed by atoms with Crippen molar-refractivity contribution in [3.63, 3.8) is 0 Å². The number of nitrogens with zero attached hydrogens (tertiary/aromatic N) is 3. The van der Waals surface area contributed by atoms with Crippen LogP contribution in [0.3, 0.4) is 0 Å². The minimum atomic E-state index is 0.445. The Morgan fingerprint density at radius 3 is 2.68 bits per heavy atom. The Morgan fingerprint density at radius 1 is 1.37 bits per heavy atom. The first kappa shape index (κ1) is 14.2. The van der Waals surface area contributed by atoms with Crippen molar-refractivity contribution in [1.29, 1.82) is 0 Å². The molecule has 5 heteroatoms. The van der Waals surface area contributed by atoms with Crippen molar-refractivity contribution in [3.05, 3.63) is 39.9 Å². The van der Waals surface area contributed by atoms with E-state index in [0.29, 0.717) is 6.04 Å². The van der Waals surface area contributed by atoms with E-state index in [0.717, 1.165) is 33.7 Å². The smallest absolute Gasteiger partial charge is 0.0743 e. The van der Waals surface area contributed by atoms with E-state index in [2.05, 4.69) is 52.1 Å². The SMILES string of the molecule is Cc1nn(-c2ccncc2CNC(C)C)c(C)c1Br. The number of hydrogen-bond acceptors (Lipinski definition) is 3. The summed E-state index contributed by atoms with van der Waals surface area (Å²) >= 11 is 3.57. The van der Waals surface area contributed by atoms with Gasteiger partial charge in [0.1, 0.15) is 0 Å². The highest BCUT2D eigenvalue weighted by molar-refractivity contribution is 9.10. The molecular formula is C14H19BrN4. The highest BCUT2D eigenvalue weighted by atomic mass is 79.9. The minimum absolute atomic E-state index is 0.445. The summed E-state index contributed by atoms with van der Waals surface area (Å²) in [7, 11) is 0. The quantitative estimate of drug-likeness (QED) is 0.940. The third-order valence-corrected chi connectivity index (χ3v) is 4.16. The van der Waals surface area contributed by atoms with E-state index in [4.69, 9.17) is 0 Å². The first-order valence-electron chi connectivity index (χ1n) is 6.39. The second-order valence-electron chi connectivity index (χ2n) is 4.94. The van der Waals surface area contributed by atoms with Crippen LogP contribution in [0.2, 0.25) is 0 Å². The van der Waals surface area contributed by atoms with Crippen LogP contribution in [0.25, 0.3) is 5.69 Å². The predicted octanol–water partition coefficient (Wildman–Crippen LogP) is 3.14. The lowest BCUT2D eigenvalue weighted by atomic mass is 10.2. The molecule has 0 radical (unpaired) electrons. The van der Waals surface area contributed by atoms with Crippen molar-refractivity contribution in [2.45, 2.75) is 40.3 Å². The minimum Gasteiger partial charge on any atom is -0.310 e. The molecule has 2 rings (SSSR count). The zero-order chi connectivity index (χ0) is 14.0. The molecule has 0 bridgehead atoms. The summed E-state index contributed by atoms with van der Waals surface area (Å²) in [6.07, 6.45) is 3.70. The Bertz CT molecular complexity index is 575. The molecule has 19 heavy (non-hydrogen) atoms. The molecule has 0 aliphatic heterocycles. The van der Waals surface area contributed by atoms with Gasteiger partial charge < -0.3 is 5.32 Å². The third-order valence-electron chi connectivity index (χ3n) is 3.01. The highest BCUT2D eigenvalue weighted by Crippen LogP contribution is 2.24. The largest absolute Gasteiger partial charge is 0.310 e. The van der Waals surface area contributed by atoms with Gasteiger partial charge in [0.15, 0.2) is 0 Å². The first-order valence-corrected chi connectivity index (χ1v) is 7.18. The van der Waals surface area contributed by atoms with E-state index in [9.17, 15) is 0 Å². The lowest BCUT2D eigenvalue weighted by Gasteiger charge is -2.13. The van der Waals surface area contributed by atoms with E-state index >= 15 is 0 Å². The van der Waals surface area contributed by atoms with Crippen LogP contribution in [-0.2, 0) is 6.54 Å². The van der Waals surface area contributed by atoms with Crippen LogP contribution in [0.4, 0.5) is 0 Å². The Labute approximate surface area is 122 Å². The maximum atomic E-state index is 4.58. The number of halogens is 1. The summed E-state index contributed by atoms with van der Waals surface area (Å²) in [5.41, 5.74) is 4.33. The number of pyridine rings is 1. The molecule has 2 heterocycles. The second-order valence-corrected chi connectivity index (χ2v) is 5.73. The van der Waals surface area contributed by atoms with Gasteiger partial charge in [0, 0.05) is 30.5 Å². The summed E-state index contributed by atoms with van der Waals surface area (Å²) in [6, 6.07) is 2.45. The van der Waals surface area contributed by atoms with Gasteiger partial charge in [-0.15, -0.1) is 0 Å². The van der Waals surface area contributed by atoms with Crippen LogP contribution in [-0.4, -0.2) is 20.8 Å². The fraction of sp³-hybridized carbons (Fsp3) is 0.429. The van der Waals surface area contributed by atoms with Crippen LogP contribution in [0, 0.1) is 13.8 Å². The van der Waals surface area contributed by atoms with Crippen LogP contribution in [0.5, 0.6) is 0 Å². The number of aromatic nitrogens is 3. The molecule has 0 spiro atoms. The molecule has 0 aromatic carbocycles. The van der Waals surface area contributed by atoms with E-state index < -0.39 is 0 Å². The van der Waals surface area contributed by atoms with Crippen LogP contribution in [0.1, 0.15) is 30.8 Å². The van der Waals surface area contributed by atoms with Crippen LogP contribution >= 0.6 is 15.9 Å². The van der Waals surface area contributed by atoms with Gasteiger partial charge in [-0.25, -0.2) is 4.68 Å². The Balaban J connectivity index is 2.41. The number of rotatable bonds is 4. The average molecular weight is 323 g/mol. The fourth-order valence-corrected chi connectivity index (χ4v) is 2.18. The molecule has 0 amide bonds.